The molecule has 14 heavy (non-hydrogen) atoms. The fourth-order valence-corrected chi connectivity index (χ4v) is 1.60. The van der Waals surface area contributed by atoms with Crippen molar-refractivity contribution in [2.45, 2.75) is 39.7 Å². The highest BCUT2D eigenvalue weighted by Crippen LogP contribution is 2.12. The van der Waals surface area contributed by atoms with Gasteiger partial charge in [0.1, 0.15) is 0 Å². The van der Waals surface area contributed by atoms with Gasteiger partial charge in [-0.05, 0) is 25.5 Å². The van der Waals surface area contributed by atoms with Crippen molar-refractivity contribution >= 4 is 0 Å². The highest BCUT2D eigenvalue weighted by atomic mass is 15.3. The van der Waals surface area contributed by atoms with Gasteiger partial charge in [0.2, 0.25) is 0 Å². The van der Waals surface area contributed by atoms with E-state index in [0.717, 1.165) is 13.1 Å². The monoisotopic (exact) mass is 195 g/mol. The molecule has 0 spiro atoms. The zero-order chi connectivity index (χ0) is 10.4. The number of hydrogen-bond acceptors (Lipinski definition) is 2. The summed E-state index contributed by atoms with van der Waals surface area (Å²) >= 11 is 0. The number of hydrogen-bond donors (Lipinski definition) is 1. The van der Waals surface area contributed by atoms with E-state index in [1.54, 1.807) is 0 Å². The number of aromatic nitrogens is 2. The molecule has 0 amide bonds. The Morgan fingerprint density at radius 1 is 1.50 bits per heavy atom. The van der Waals surface area contributed by atoms with Gasteiger partial charge in [0.15, 0.2) is 0 Å². The van der Waals surface area contributed by atoms with Crippen LogP contribution >= 0.6 is 0 Å². The van der Waals surface area contributed by atoms with Crippen molar-refractivity contribution < 1.29 is 0 Å². The number of aryl methyl sites for hydroxylation is 1. The number of likely N-dealkylation sites (N-methyl/N-ethyl adjacent to an activating group) is 1. The van der Waals surface area contributed by atoms with Crippen LogP contribution in [0.25, 0.3) is 0 Å². The van der Waals surface area contributed by atoms with Crippen molar-refractivity contribution in [2.75, 3.05) is 13.1 Å². The summed E-state index contributed by atoms with van der Waals surface area (Å²) in [5, 5.41) is 7.74. The third-order valence-electron chi connectivity index (χ3n) is 2.36. The average Bonchev–Trinajstić information content (AvgIpc) is 2.59. The first-order chi connectivity index (χ1) is 6.77. The quantitative estimate of drug-likeness (QED) is 0.753. The Hall–Kier alpha value is -0.830. The van der Waals surface area contributed by atoms with Crippen LogP contribution in [0.3, 0.4) is 0 Å². The van der Waals surface area contributed by atoms with E-state index in [0.29, 0.717) is 6.04 Å². The maximum Gasteiger partial charge on any atom is 0.0643 e. The molecule has 0 aliphatic heterocycles. The van der Waals surface area contributed by atoms with E-state index in [1.807, 2.05) is 6.20 Å². The summed E-state index contributed by atoms with van der Waals surface area (Å²) in [6.07, 6.45) is 6.44. The fourth-order valence-electron chi connectivity index (χ4n) is 1.60. The van der Waals surface area contributed by atoms with Gasteiger partial charge >= 0.3 is 0 Å². The molecule has 0 fully saturated rings. The van der Waals surface area contributed by atoms with E-state index in [1.165, 1.54) is 18.4 Å². The van der Waals surface area contributed by atoms with Crippen LogP contribution in [0.2, 0.25) is 0 Å². The minimum atomic E-state index is 0.508. The molecule has 0 saturated heterocycles. The van der Waals surface area contributed by atoms with Crippen molar-refractivity contribution in [2.24, 2.45) is 0 Å². The maximum atomic E-state index is 4.36. The third-order valence-corrected chi connectivity index (χ3v) is 2.36. The van der Waals surface area contributed by atoms with Crippen molar-refractivity contribution in [3.05, 3.63) is 18.0 Å². The van der Waals surface area contributed by atoms with Gasteiger partial charge in [-0.1, -0.05) is 20.3 Å². The SMILES string of the molecule is CCCC(CNCC)n1cc(C)cn1. The van der Waals surface area contributed by atoms with E-state index < -0.39 is 0 Å². The minimum absolute atomic E-state index is 0.508. The van der Waals surface area contributed by atoms with Gasteiger partial charge in [-0.3, -0.25) is 4.68 Å². The lowest BCUT2D eigenvalue weighted by Gasteiger charge is -2.16. The largest absolute Gasteiger partial charge is 0.315 e. The molecular weight excluding hydrogens is 174 g/mol. The Labute approximate surface area is 86.5 Å². The molecule has 0 aliphatic carbocycles. The molecule has 1 aromatic heterocycles. The molecule has 0 radical (unpaired) electrons. The van der Waals surface area contributed by atoms with Crippen LogP contribution in [0.5, 0.6) is 0 Å². The number of rotatable bonds is 6. The van der Waals surface area contributed by atoms with Crippen LogP contribution < -0.4 is 5.32 Å². The topological polar surface area (TPSA) is 29.9 Å². The average molecular weight is 195 g/mol. The van der Waals surface area contributed by atoms with Crippen LogP contribution in [0.15, 0.2) is 12.4 Å². The lowest BCUT2D eigenvalue weighted by molar-refractivity contribution is 0.399. The maximum absolute atomic E-state index is 4.36. The summed E-state index contributed by atoms with van der Waals surface area (Å²) in [6, 6.07) is 0.508. The molecule has 1 atom stereocenters. The van der Waals surface area contributed by atoms with Gasteiger partial charge in [-0.15, -0.1) is 0 Å². The normalized spacial score (nSPS) is 13.1. The van der Waals surface area contributed by atoms with Gasteiger partial charge in [-0.25, -0.2) is 0 Å². The molecule has 3 nitrogen and oxygen atoms in total. The molecule has 1 unspecified atom stereocenters. The lowest BCUT2D eigenvalue weighted by Crippen LogP contribution is -2.25. The summed E-state index contributed by atoms with van der Waals surface area (Å²) in [4.78, 5) is 0. The minimum Gasteiger partial charge on any atom is -0.315 e. The van der Waals surface area contributed by atoms with Crippen LogP contribution in [0.4, 0.5) is 0 Å². The second-order valence-corrected chi connectivity index (χ2v) is 3.75. The van der Waals surface area contributed by atoms with Gasteiger partial charge in [0.05, 0.1) is 12.2 Å². The standard InChI is InChI=1S/C11H21N3/c1-4-6-11(8-12-5-2)14-9-10(3)7-13-14/h7,9,11-12H,4-6,8H2,1-3H3. The Morgan fingerprint density at radius 2 is 2.29 bits per heavy atom. The Morgan fingerprint density at radius 3 is 2.79 bits per heavy atom. The van der Waals surface area contributed by atoms with E-state index in [-0.39, 0.29) is 0 Å². The number of nitrogens with zero attached hydrogens (tertiary/aromatic N) is 2. The van der Waals surface area contributed by atoms with Gasteiger partial charge < -0.3 is 5.32 Å². The molecule has 1 N–H and O–H groups in total. The summed E-state index contributed by atoms with van der Waals surface area (Å²) in [7, 11) is 0. The van der Waals surface area contributed by atoms with E-state index in [2.05, 4.69) is 42.1 Å². The van der Waals surface area contributed by atoms with Crippen molar-refractivity contribution in [1.82, 2.24) is 15.1 Å². The first-order valence-corrected chi connectivity index (χ1v) is 5.49. The summed E-state index contributed by atoms with van der Waals surface area (Å²) in [6.45, 7) is 8.48. The fraction of sp³-hybridized carbons (Fsp3) is 0.727. The van der Waals surface area contributed by atoms with Gasteiger partial charge in [0.25, 0.3) is 0 Å². The van der Waals surface area contributed by atoms with Crippen LogP contribution in [0, 0.1) is 6.92 Å². The zero-order valence-corrected chi connectivity index (χ0v) is 9.45. The molecule has 0 aromatic carbocycles. The predicted molar refractivity (Wildman–Crippen MR) is 59.5 cm³/mol. The molecule has 1 rings (SSSR count). The summed E-state index contributed by atoms with van der Waals surface area (Å²) in [5.41, 5.74) is 1.24. The molecular formula is C11H21N3. The highest BCUT2D eigenvalue weighted by Gasteiger charge is 2.09. The predicted octanol–water partition coefficient (Wildman–Crippen LogP) is 2.14. The van der Waals surface area contributed by atoms with Gasteiger partial charge in [-0.2, -0.15) is 5.10 Å². The van der Waals surface area contributed by atoms with Crippen molar-refractivity contribution in [3.8, 4) is 0 Å². The molecule has 1 aromatic rings. The molecule has 1 heterocycles. The zero-order valence-electron chi connectivity index (χ0n) is 9.45. The Bertz CT molecular complexity index is 255. The lowest BCUT2D eigenvalue weighted by atomic mass is 10.1. The van der Waals surface area contributed by atoms with E-state index in [4.69, 9.17) is 0 Å². The Balaban J connectivity index is 2.57. The van der Waals surface area contributed by atoms with E-state index >= 15 is 0 Å². The van der Waals surface area contributed by atoms with Crippen LogP contribution in [-0.2, 0) is 0 Å². The van der Waals surface area contributed by atoms with Crippen LogP contribution in [-0.4, -0.2) is 22.9 Å². The highest BCUT2D eigenvalue weighted by molar-refractivity contribution is 5.00. The van der Waals surface area contributed by atoms with Crippen molar-refractivity contribution in [3.63, 3.8) is 0 Å². The molecule has 0 bridgehead atoms. The van der Waals surface area contributed by atoms with Crippen molar-refractivity contribution in [1.29, 1.82) is 0 Å². The third kappa shape index (κ3) is 3.14. The first kappa shape index (κ1) is 11.2. The Kier molecular flexibility index (Phi) is 4.66. The first-order valence-electron chi connectivity index (χ1n) is 5.49. The molecule has 3 heteroatoms. The molecule has 0 aliphatic rings. The summed E-state index contributed by atoms with van der Waals surface area (Å²) in [5.74, 6) is 0. The molecule has 80 valence electrons. The summed E-state index contributed by atoms with van der Waals surface area (Å²) < 4.78 is 2.08. The van der Waals surface area contributed by atoms with Gasteiger partial charge in [0, 0.05) is 12.7 Å². The van der Waals surface area contributed by atoms with E-state index in [9.17, 15) is 0 Å². The second kappa shape index (κ2) is 5.81. The second-order valence-electron chi connectivity index (χ2n) is 3.75. The smallest absolute Gasteiger partial charge is 0.0643 e. The van der Waals surface area contributed by atoms with Crippen LogP contribution in [0.1, 0.15) is 38.3 Å². The molecule has 0 saturated carbocycles. The number of nitrogens with one attached hydrogen (secondary N) is 1.